The Morgan fingerprint density at radius 2 is 1.88 bits per heavy atom. The van der Waals surface area contributed by atoms with Crippen molar-refractivity contribution in [2.75, 3.05) is 14.2 Å². The molecule has 0 atom stereocenters. The highest BCUT2D eigenvalue weighted by Crippen LogP contribution is 2.44. The molecule has 1 fully saturated rings. The number of benzene rings is 1. The first kappa shape index (κ1) is 18.5. The Labute approximate surface area is 153 Å². The molecular weight excluding hydrogens is 334 g/mol. The number of ether oxygens (including phenoxy) is 3. The molecule has 0 radical (unpaired) electrons. The molecule has 0 unspecified atom stereocenters. The van der Waals surface area contributed by atoms with Crippen LogP contribution in [0.25, 0.3) is 5.57 Å². The number of amides is 1. The summed E-state index contributed by atoms with van der Waals surface area (Å²) in [5, 5.41) is 3.09. The van der Waals surface area contributed by atoms with E-state index < -0.39 is 11.7 Å². The molecule has 0 saturated heterocycles. The highest BCUT2D eigenvalue weighted by molar-refractivity contribution is 6.23. The van der Waals surface area contributed by atoms with Gasteiger partial charge in [0.25, 0.3) is 5.91 Å². The summed E-state index contributed by atoms with van der Waals surface area (Å²) in [6.45, 7) is 3.91. The molecule has 1 aliphatic heterocycles. The van der Waals surface area contributed by atoms with Gasteiger partial charge in [0, 0.05) is 7.11 Å². The zero-order chi connectivity index (χ0) is 18.9. The van der Waals surface area contributed by atoms with Crippen molar-refractivity contribution in [2.24, 2.45) is 0 Å². The zero-order valence-electron chi connectivity index (χ0n) is 15.7. The van der Waals surface area contributed by atoms with Gasteiger partial charge in [-0.2, -0.15) is 0 Å². The van der Waals surface area contributed by atoms with Gasteiger partial charge in [-0.1, -0.05) is 23.8 Å². The molecule has 6 nitrogen and oxygen atoms in total. The van der Waals surface area contributed by atoms with Gasteiger partial charge in [0.05, 0.1) is 24.3 Å². The number of aryl methyl sites for hydroxylation is 2. The van der Waals surface area contributed by atoms with Gasteiger partial charge in [-0.05, 0) is 50.7 Å². The van der Waals surface area contributed by atoms with Gasteiger partial charge in [0.2, 0.25) is 0 Å². The average Bonchev–Trinajstić information content (AvgIpc) is 2.89. The lowest BCUT2D eigenvalue weighted by Crippen LogP contribution is -2.49. The van der Waals surface area contributed by atoms with Crippen molar-refractivity contribution in [2.45, 2.75) is 51.2 Å². The molecule has 3 rings (SSSR count). The molecule has 6 heteroatoms. The Hall–Kier alpha value is -2.34. The molecule has 1 spiro atoms. The van der Waals surface area contributed by atoms with Gasteiger partial charge in [0.1, 0.15) is 5.76 Å². The van der Waals surface area contributed by atoms with E-state index in [9.17, 15) is 9.59 Å². The first-order valence-electron chi connectivity index (χ1n) is 8.83. The van der Waals surface area contributed by atoms with Gasteiger partial charge in [-0.25, -0.2) is 4.79 Å². The van der Waals surface area contributed by atoms with Crippen LogP contribution in [-0.4, -0.2) is 37.9 Å². The van der Waals surface area contributed by atoms with E-state index in [1.807, 2.05) is 32.0 Å². The lowest BCUT2D eigenvalue weighted by molar-refractivity contribution is -0.116. The predicted molar refractivity (Wildman–Crippen MR) is 96.5 cm³/mol. The summed E-state index contributed by atoms with van der Waals surface area (Å²) >= 11 is 0. The molecule has 0 bridgehead atoms. The van der Waals surface area contributed by atoms with E-state index in [1.165, 1.54) is 7.11 Å². The molecule has 1 N–H and O–H groups in total. The van der Waals surface area contributed by atoms with Crippen LogP contribution in [0.3, 0.4) is 0 Å². The SMILES string of the molecule is COC(=O)OC1=C(c2cc(C)ccc2C)C(=O)NC12CCC(OC)CC2. The highest BCUT2D eigenvalue weighted by Gasteiger charge is 2.50. The molecule has 26 heavy (non-hydrogen) atoms. The predicted octanol–water partition coefficient (Wildman–Crippen LogP) is 3.26. The lowest BCUT2D eigenvalue weighted by atomic mass is 9.79. The van der Waals surface area contributed by atoms with Crippen LogP contribution in [0.2, 0.25) is 0 Å². The molecule has 1 aromatic rings. The molecule has 1 aromatic carbocycles. The van der Waals surface area contributed by atoms with Crippen LogP contribution in [0.1, 0.15) is 42.4 Å². The monoisotopic (exact) mass is 359 g/mol. The van der Waals surface area contributed by atoms with Crippen molar-refractivity contribution < 1.29 is 23.8 Å². The third kappa shape index (κ3) is 3.21. The molecule has 0 aromatic heterocycles. The molecular formula is C20H25NO5. The zero-order valence-corrected chi connectivity index (χ0v) is 15.7. The van der Waals surface area contributed by atoms with Crippen molar-refractivity contribution in [3.05, 3.63) is 40.6 Å². The van der Waals surface area contributed by atoms with Crippen LogP contribution in [-0.2, 0) is 19.0 Å². The van der Waals surface area contributed by atoms with Gasteiger partial charge >= 0.3 is 6.16 Å². The van der Waals surface area contributed by atoms with Crippen LogP contribution < -0.4 is 5.32 Å². The summed E-state index contributed by atoms with van der Waals surface area (Å²) in [6.07, 6.45) is 2.21. The van der Waals surface area contributed by atoms with Crippen LogP contribution in [0.4, 0.5) is 4.79 Å². The van der Waals surface area contributed by atoms with E-state index in [4.69, 9.17) is 14.2 Å². The van der Waals surface area contributed by atoms with Gasteiger partial charge in [-0.15, -0.1) is 0 Å². The van der Waals surface area contributed by atoms with Crippen LogP contribution in [0.5, 0.6) is 0 Å². The lowest BCUT2D eigenvalue weighted by Gasteiger charge is -2.37. The second kappa shape index (κ2) is 7.11. The number of carbonyl (C=O) groups is 2. The first-order valence-corrected chi connectivity index (χ1v) is 8.83. The largest absolute Gasteiger partial charge is 0.513 e. The number of hydrogen-bond acceptors (Lipinski definition) is 5. The van der Waals surface area contributed by atoms with Crippen molar-refractivity contribution in [1.29, 1.82) is 0 Å². The standard InChI is InChI=1S/C20H25NO5/c1-12-5-6-13(2)15(11-12)16-17(26-19(23)25-4)20(21-18(16)22)9-7-14(24-3)8-10-20/h5-6,11,14H,7-10H2,1-4H3,(H,21,22). The Morgan fingerprint density at radius 1 is 1.19 bits per heavy atom. The summed E-state index contributed by atoms with van der Waals surface area (Å²) in [7, 11) is 2.96. The maximum Gasteiger partial charge on any atom is 0.513 e. The fourth-order valence-corrected chi connectivity index (χ4v) is 3.87. The average molecular weight is 359 g/mol. The number of hydrogen-bond donors (Lipinski definition) is 1. The van der Waals surface area contributed by atoms with Crippen molar-refractivity contribution in [3.63, 3.8) is 0 Å². The molecule has 1 aliphatic carbocycles. The van der Waals surface area contributed by atoms with Crippen molar-refractivity contribution in [1.82, 2.24) is 5.32 Å². The maximum atomic E-state index is 12.9. The van der Waals surface area contributed by atoms with E-state index >= 15 is 0 Å². The minimum absolute atomic E-state index is 0.154. The Kier molecular flexibility index (Phi) is 5.05. The number of rotatable bonds is 3. The van der Waals surface area contributed by atoms with E-state index in [0.29, 0.717) is 24.2 Å². The van der Waals surface area contributed by atoms with E-state index in [-0.39, 0.29) is 12.0 Å². The Balaban J connectivity index is 2.10. The van der Waals surface area contributed by atoms with Gasteiger partial charge in [-0.3, -0.25) is 4.79 Å². The normalized spacial score (nSPS) is 25.4. The van der Waals surface area contributed by atoms with Crippen LogP contribution in [0.15, 0.2) is 24.0 Å². The minimum atomic E-state index is -0.812. The molecule has 1 heterocycles. The van der Waals surface area contributed by atoms with Crippen molar-refractivity contribution in [3.8, 4) is 0 Å². The quantitative estimate of drug-likeness (QED) is 0.839. The van der Waals surface area contributed by atoms with E-state index in [2.05, 4.69) is 5.32 Å². The summed E-state index contributed by atoms with van der Waals surface area (Å²) in [5.41, 5.74) is 2.51. The smallest absolute Gasteiger partial charge is 0.437 e. The Bertz CT molecular complexity index is 759. The van der Waals surface area contributed by atoms with Crippen LogP contribution in [0, 0.1) is 13.8 Å². The highest BCUT2D eigenvalue weighted by atomic mass is 16.7. The third-order valence-electron chi connectivity index (χ3n) is 5.38. The molecule has 1 amide bonds. The van der Waals surface area contributed by atoms with Crippen molar-refractivity contribution >= 4 is 17.6 Å². The summed E-state index contributed by atoms with van der Waals surface area (Å²) < 4.78 is 15.7. The molecule has 1 saturated carbocycles. The van der Waals surface area contributed by atoms with E-state index in [1.54, 1.807) is 7.11 Å². The topological polar surface area (TPSA) is 73.9 Å². The fourth-order valence-electron chi connectivity index (χ4n) is 3.87. The summed E-state index contributed by atoms with van der Waals surface area (Å²) in [5.74, 6) is 0.158. The first-order chi connectivity index (χ1) is 12.4. The minimum Gasteiger partial charge on any atom is -0.437 e. The second-order valence-electron chi connectivity index (χ2n) is 7.05. The molecule has 2 aliphatic rings. The molecule has 140 valence electrons. The Morgan fingerprint density at radius 3 is 2.50 bits per heavy atom. The summed E-state index contributed by atoms with van der Waals surface area (Å²) in [4.78, 5) is 24.8. The fraction of sp³-hybridized carbons (Fsp3) is 0.500. The van der Waals surface area contributed by atoms with Gasteiger partial charge < -0.3 is 19.5 Å². The third-order valence-corrected chi connectivity index (χ3v) is 5.38. The second-order valence-corrected chi connectivity index (χ2v) is 7.05. The van der Waals surface area contributed by atoms with Gasteiger partial charge in [0.15, 0.2) is 0 Å². The maximum absolute atomic E-state index is 12.9. The number of nitrogens with one attached hydrogen (secondary N) is 1. The number of carbonyl (C=O) groups excluding carboxylic acids is 2. The summed E-state index contributed by atoms with van der Waals surface area (Å²) in [6, 6.07) is 5.91. The van der Waals surface area contributed by atoms with Crippen LogP contribution >= 0.6 is 0 Å². The number of methoxy groups -OCH3 is 2. The van der Waals surface area contributed by atoms with E-state index in [0.717, 1.165) is 29.5 Å².